The Kier molecular flexibility index (Phi) is 6.19. The molecule has 1 amide bonds. The number of anilines is 1. The van der Waals surface area contributed by atoms with Gasteiger partial charge in [0.25, 0.3) is 0 Å². The minimum atomic E-state index is -3.74. The number of ether oxygens (including phenoxy) is 1. The van der Waals surface area contributed by atoms with Crippen LogP contribution in [0, 0.1) is 0 Å². The Balaban J connectivity index is 2.32. The van der Waals surface area contributed by atoms with E-state index in [-0.39, 0.29) is 28.0 Å². The Bertz CT molecular complexity index is 849. The maximum Gasteiger partial charge on any atom is 0.239 e. The molecular weight excluding hydrogens is 340 g/mol. The fourth-order valence-electron chi connectivity index (χ4n) is 2.23. The highest BCUT2D eigenvalue weighted by Crippen LogP contribution is 2.35. The molecule has 0 aromatic heterocycles. The zero-order valence-corrected chi connectivity index (χ0v) is 14.7. The van der Waals surface area contributed by atoms with Crippen LogP contribution in [0.3, 0.4) is 0 Å². The Morgan fingerprint density at radius 1 is 1.16 bits per heavy atom. The maximum atomic E-state index is 12.8. The molecule has 0 aliphatic carbocycles. The molecule has 2 N–H and O–H groups in total. The molecule has 6 nitrogen and oxygen atoms in total. The number of benzene rings is 2. The van der Waals surface area contributed by atoms with Gasteiger partial charge in [0.15, 0.2) is 5.75 Å². The van der Waals surface area contributed by atoms with Gasteiger partial charge in [-0.05, 0) is 24.3 Å². The average molecular weight is 360 g/mol. The van der Waals surface area contributed by atoms with Gasteiger partial charge < -0.3 is 15.4 Å². The Hall–Kier alpha value is -2.80. The smallest absolute Gasteiger partial charge is 0.239 e. The first-order chi connectivity index (χ1) is 12.0. The summed E-state index contributed by atoms with van der Waals surface area (Å²) in [6.07, 6.45) is 1.57. The van der Waals surface area contributed by atoms with E-state index in [1.54, 1.807) is 36.4 Å². The third-order valence-electron chi connectivity index (χ3n) is 3.41. The van der Waals surface area contributed by atoms with Crippen molar-refractivity contribution >= 4 is 21.4 Å². The maximum absolute atomic E-state index is 12.8. The lowest BCUT2D eigenvalue weighted by atomic mass is 10.3. The van der Waals surface area contributed by atoms with Gasteiger partial charge in [-0.15, -0.1) is 6.58 Å². The highest BCUT2D eigenvalue weighted by atomic mass is 32.2. The molecule has 0 aliphatic heterocycles. The van der Waals surface area contributed by atoms with E-state index in [9.17, 15) is 13.2 Å². The molecule has 0 bridgehead atoms. The Labute approximate surface area is 147 Å². The van der Waals surface area contributed by atoms with E-state index < -0.39 is 9.84 Å². The quantitative estimate of drug-likeness (QED) is 0.705. The minimum Gasteiger partial charge on any atom is -0.493 e. The van der Waals surface area contributed by atoms with Crippen molar-refractivity contribution in [2.45, 2.75) is 9.79 Å². The van der Waals surface area contributed by atoms with Crippen LogP contribution < -0.4 is 15.4 Å². The van der Waals surface area contributed by atoms with Crippen LogP contribution in [-0.4, -0.2) is 34.5 Å². The van der Waals surface area contributed by atoms with Gasteiger partial charge in [0.2, 0.25) is 15.7 Å². The number of nitrogens with one attached hydrogen (secondary N) is 2. The molecule has 0 unspecified atom stereocenters. The molecule has 0 spiro atoms. The SMILES string of the molecule is C=CCNC(=O)CNc1cccc(S(=O)(=O)c2ccccc2)c1OC. The topological polar surface area (TPSA) is 84.5 Å². The van der Waals surface area contributed by atoms with Crippen LogP contribution in [-0.2, 0) is 14.6 Å². The van der Waals surface area contributed by atoms with Gasteiger partial charge in [-0.25, -0.2) is 8.42 Å². The number of rotatable bonds is 8. The lowest BCUT2D eigenvalue weighted by Gasteiger charge is -2.15. The molecule has 132 valence electrons. The summed E-state index contributed by atoms with van der Waals surface area (Å²) in [4.78, 5) is 11.9. The molecule has 2 rings (SSSR count). The first-order valence-corrected chi connectivity index (χ1v) is 9.07. The third-order valence-corrected chi connectivity index (χ3v) is 5.20. The number of hydrogen-bond acceptors (Lipinski definition) is 5. The van der Waals surface area contributed by atoms with Crippen molar-refractivity contribution < 1.29 is 17.9 Å². The molecule has 0 fully saturated rings. The van der Waals surface area contributed by atoms with Crippen LogP contribution >= 0.6 is 0 Å². The van der Waals surface area contributed by atoms with Crippen LogP contribution in [0.2, 0.25) is 0 Å². The molecule has 7 heteroatoms. The minimum absolute atomic E-state index is 0.0148. The number of carbonyl (C=O) groups is 1. The van der Waals surface area contributed by atoms with Gasteiger partial charge in [-0.1, -0.05) is 30.3 Å². The number of hydrogen-bond donors (Lipinski definition) is 2. The van der Waals surface area contributed by atoms with Crippen LogP contribution in [0.25, 0.3) is 0 Å². The highest BCUT2D eigenvalue weighted by molar-refractivity contribution is 7.91. The van der Waals surface area contributed by atoms with Gasteiger partial charge in [0, 0.05) is 6.54 Å². The highest BCUT2D eigenvalue weighted by Gasteiger charge is 2.24. The zero-order valence-electron chi connectivity index (χ0n) is 13.9. The summed E-state index contributed by atoms with van der Waals surface area (Å²) in [7, 11) is -2.34. The van der Waals surface area contributed by atoms with Crippen LogP contribution in [0.15, 0.2) is 71.0 Å². The predicted octanol–water partition coefficient (Wildman–Crippen LogP) is 2.24. The number of sulfone groups is 1. The average Bonchev–Trinajstić information content (AvgIpc) is 2.64. The van der Waals surface area contributed by atoms with Crippen LogP contribution in [0.5, 0.6) is 5.75 Å². The van der Waals surface area contributed by atoms with E-state index in [0.29, 0.717) is 12.2 Å². The number of carbonyl (C=O) groups excluding carboxylic acids is 1. The van der Waals surface area contributed by atoms with Gasteiger partial charge in [-0.2, -0.15) is 0 Å². The molecule has 0 saturated heterocycles. The van der Waals surface area contributed by atoms with Crippen LogP contribution in [0.1, 0.15) is 0 Å². The largest absolute Gasteiger partial charge is 0.493 e. The second-order valence-corrected chi connectivity index (χ2v) is 7.02. The van der Waals surface area contributed by atoms with Crippen molar-refractivity contribution in [3.8, 4) is 5.75 Å². The summed E-state index contributed by atoms with van der Waals surface area (Å²) in [6.45, 7) is 3.87. The van der Waals surface area contributed by atoms with E-state index in [0.717, 1.165) is 0 Å². The predicted molar refractivity (Wildman–Crippen MR) is 96.6 cm³/mol. The van der Waals surface area contributed by atoms with Gasteiger partial charge >= 0.3 is 0 Å². The lowest BCUT2D eigenvalue weighted by molar-refractivity contribution is -0.119. The zero-order chi connectivity index (χ0) is 18.3. The number of amides is 1. The van der Waals surface area contributed by atoms with E-state index >= 15 is 0 Å². The number of para-hydroxylation sites is 1. The van der Waals surface area contributed by atoms with Crippen molar-refractivity contribution in [3.63, 3.8) is 0 Å². The molecule has 0 atom stereocenters. The van der Waals surface area contributed by atoms with Gasteiger partial charge in [-0.3, -0.25) is 4.79 Å². The van der Waals surface area contributed by atoms with Crippen molar-refractivity contribution in [1.29, 1.82) is 0 Å². The van der Waals surface area contributed by atoms with Crippen molar-refractivity contribution in [2.75, 3.05) is 25.5 Å². The van der Waals surface area contributed by atoms with Crippen molar-refractivity contribution in [1.82, 2.24) is 5.32 Å². The van der Waals surface area contributed by atoms with Crippen molar-refractivity contribution in [2.24, 2.45) is 0 Å². The summed E-state index contributed by atoms with van der Waals surface area (Å²) >= 11 is 0. The third kappa shape index (κ3) is 4.39. The standard InChI is InChI=1S/C18H20N2O4S/c1-3-12-19-17(21)13-20-15-10-7-11-16(18(15)24-2)25(22,23)14-8-5-4-6-9-14/h3-11,20H,1,12-13H2,2H3,(H,19,21). The molecule has 0 aliphatic rings. The van der Waals surface area contributed by atoms with Gasteiger partial charge in [0.1, 0.15) is 4.90 Å². The number of methoxy groups -OCH3 is 1. The fraction of sp³-hybridized carbons (Fsp3) is 0.167. The summed E-state index contributed by atoms with van der Waals surface area (Å²) in [5, 5.41) is 5.53. The molecular formula is C18H20N2O4S. The Morgan fingerprint density at radius 3 is 2.52 bits per heavy atom. The summed E-state index contributed by atoms with van der Waals surface area (Å²) in [5.74, 6) is -0.0684. The first-order valence-electron chi connectivity index (χ1n) is 7.59. The summed E-state index contributed by atoms with van der Waals surface area (Å²) in [6, 6.07) is 12.8. The van der Waals surface area contributed by atoms with E-state index in [2.05, 4.69) is 17.2 Å². The van der Waals surface area contributed by atoms with Crippen molar-refractivity contribution in [3.05, 3.63) is 61.2 Å². The monoisotopic (exact) mass is 360 g/mol. The lowest BCUT2D eigenvalue weighted by Crippen LogP contribution is -2.29. The molecule has 2 aromatic rings. The normalized spacial score (nSPS) is 10.8. The molecule has 2 aromatic carbocycles. The summed E-state index contributed by atoms with van der Waals surface area (Å²) < 4.78 is 31.0. The second-order valence-electron chi connectivity index (χ2n) is 5.10. The molecule has 0 heterocycles. The summed E-state index contributed by atoms with van der Waals surface area (Å²) in [5.41, 5.74) is 0.424. The van der Waals surface area contributed by atoms with Crippen LogP contribution in [0.4, 0.5) is 5.69 Å². The fourth-order valence-corrected chi connectivity index (χ4v) is 3.69. The van der Waals surface area contributed by atoms with E-state index in [1.165, 1.54) is 25.3 Å². The first kappa shape index (κ1) is 18.5. The molecule has 25 heavy (non-hydrogen) atoms. The molecule has 0 saturated carbocycles. The molecule has 0 radical (unpaired) electrons. The van der Waals surface area contributed by atoms with Gasteiger partial charge in [0.05, 0.1) is 24.2 Å². The van der Waals surface area contributed by atoms with E-state index in [4.69, 9.17) is 4.74 Å². The second kappa shape index (κ2) is 8.34. The van der Waals surface area contributed by atoms with E-state index in [1.807, 2.05) is 0 Å². The Morgan fingerprint density at radius 2 is 1.88 bits per heavy atom.